The van der Waals surface area contributed by atoms with Gasteiger partial charge in [-0.15, -0.1) is 11.3 Å². The van der Waals surface area contributed by atoms with Crippen LogP contribution in [0.2, 0.25) is 5.02 Å². The van der Waals surface area contributed by atoms with Crippen LogP contribution in [0.25, 0.3) is 5.70 Å². The normalized spacial score (nSPS) is 16.4. The van der Waals surface area contributed by atoms with Crippen LogP contribution in [0, 0.1) is 0 Å². The maximum atomic E-state index is 13.0. The first-order valence-corrected chi connectivity index (χ1v) is 9.14. The van der Waals surface area contributed by atoms with Gasteiger partial charge in [0.25, 0.3) is 5.91 Å². The van der Waals surface area contributed by atoms with Crippen LogP contribution in [0.1, 0.15) is 26.8 Å². The fourth-order valence-corrected chi connectivity index (χ4v) is 3.63. The van der Waals surface area contributed by atoms with Gasteiger partial charge in [0.2, 0.25) is 0 Å². The molecule has 0 bridgehead atoms. The highest BCUT2D eigenvalue weighted by molar-refractivity contribution is 7.12. The van der Waals surface area contributed by atoms with E-state index in [9.17, 15) is 4.79 Å². The molecule has 0 saturated heterocycles. The molecule has 2 heterocycles. The molecule has 25 heavy (non-hydrogen) atoms. The van der Waals surface area contributed by atoms with Gasteiger partial charge >= 0.3 is 0 Å². The van der Waals surface area contributed by atoms with Crippen molar-refractivity contribution in [3.8, 4) is 0 Å². The summed E-state index contributed by atoms with van der Waals surface area (Å²) in [5.41, 5.74) is 6.25. The SMILES string of the molecule is O=C(c1cccs1)N1NC(c2ccccc2)=CC1c1ccc(Cl)cc1. The van der Waals surface area contributed by atoms with Crippen molar-refractivity contribution in [2.24, 2.45) is 0 Å². The summed E-state index contributed by atoms with van der Waals surface area (Å²) < 4.78 is 0. The lowest BCUT2D eigenvalue weighted by molar-refractivity contribution is 0.0677. The highest BCUT2D eigenvalue weighted by atomic mass is 35.5. The number of carbonyl (C=O) groups excluding carboxylic acids is 1. The van der Waals surface area contributed by atoms with Gasteiger partial charge in [-0.1, -0.05) is 60.1 Å². The predicted molar refractivity (Wildman–Crippen MR) is 102 cm³/mol. The Bertz CT molecular complexity index is 905. The number of nitrogens with zero attached hydrogens (tertiary/aromatic N) is 1. The minimum Gasteiger partial charge on any atom is -0.294 e. The average molecular weight is 367 g/mol. The number of thiophene rings is 1. The first-order chi connectivity index (χ1) is 12.2. The molecule has 1 unspecified atom stereocenters. The van der Waals surface area contributed by atoms with E-state index in [-0.39, 0.29) is 11.9 Å². The van der Waals surface area contributed by atoms with E-state index in [0.717, 1.165) is 16.8 Å². The maximum Gasteiger partial charge on any atom is 0.283 e. The molecule has 1 amide bonds. The molecule has 0 spiro atoms. The maximum absolute atomic E-state index is 13.0. The van der Waals surface area contributed by atoms with Crippen LogP contribution in [0.5, 0.6) is 0 Å². The molecule has 0 fully saturated rings. The number of amides is 1. The summed E-state index contributed by atoms with van der Waals surface area (Å²) in [5, 5.41) is 4.27. The summed E-state index contributed by atoms with van der Waals surface area (Å²) in [7, 11) is 0. The smallest absolute Gasteiger partial charge is 0.283 e. The third kappa shape index (κ3) is 3.18. The molecule has 124 valence electrons. The fraction of sp³-hybridized carbons (Fsp3) is 0.0500. The third-order valence-corrected chi connectivity index (χ3v) is 5.20. The average Bonchev–Trinajstić information content (AvgIpc) is 3.33. The summed E-state index contributed by atoms with van der Waals surface area (Å²) in [6, 6.07) is 21.1. The van der Waals surface area contributed by atoms with Crippen molar-refractivity contribution in [3.05, 3.63) is 99.2 Å². The molecule has 3 aromatic rings. The topological polar surface area (TPSA) is 32.3 Å². The van der Waals surface area contributed by atoms with E-state index >= 15 is 0 Å². The molecule has 0 saturated carbocycles. The Hall–Kier alpha value is -2.56. The number of benzene rings is 2. The summed E-state index contributed by atoms with van der Waals surface area (Å²) in [6.45, 7) is 0. The standard InChI is InChI=1S/C20H15ClN2OS/c21-16-10-8-15(9-11-16)18-13-17(14-5-2-1-3-6-14)22-23(18)20(24)19-7-4-12-25-19/h1-13,18,22H. The monoisotopic (exact) mass is 366 g/mol. The van der Waals surface area contributed by atoms with Crippen LogP contribution in [-0.2, 0) is 0 Å². The van der Waals surface area contributed by atoms with Gasteiger partial charge < -0.3 is 0 Å². The van der Waals surface area contributed by atoms with E-state index in [1.807, 2.05) is 72.1 Å². The molecule has 1 aliphatic heterocycles. The molecule has 0 radical (unpaired) electrons. The van der Waals surface area contributed by atoms with Crippen molar-refractivity contribution in [3.63, 3.8) is 0 Å². The molecule has 1 N–H and O–H groups in total. The lowest BCUT2D eigenvalue weighted by Gasteiger charge is -2.25. The largest absolute Gasteiger partial charge is 0.294 e. The highest BCUT2D eigenvalue weighted by Gasteiger charge is 2.31. The highest BCUT2D eigenvalue weighted by Crippen LogP contribution is 2.33. The molecule has 3 nitrogen and oxygen atoms in total. The summed E-state index contributed by atoms with van der Waals surface area (Å²) in [4.78, 5) is 13.7. The second kappa shape index (κ2) is 6.75. The molecule has 1 atom stereocenters. The second-order valence-corrected chi connectivity index (χ2v) is 7.09. The van der Waals surface area contributed by atoms with E-state index in [0.29, 0.717) is 9.90 Å². The Morgan fingerprint density at radius 1 is 1.00 bits per heavy atom. The van der Waals surface area contributed by atoms with Crippen LogP contribution in [0.15, 0.2) is 78.2 Å². The lowest BCUT2D eigenvalue weighted by Crippen LogP contribution is -2.39. The van der Waals surface area contributed by atoms with Gasteiger partial charge in [0, 0.05) is 5.02 Å². The number of hydrogen-bond acceptors (Lipinski definition) is 3. The van der Waals surface area contributed by atoms with Crippen LogP contribution >= 0.6 is 22.9 Å². The summed E-state index contributed by atoms with van der Waals surface area (Å²) in [5.74, 6) is -0.0443. The van der Waals surface area contributed by atoms with Gasteiger partial charge in [-0.2, -0.15) is 0 Å². The lowest BCUT2D eigenvalue weighted by atomic mass is 10.0. The number of halogens is 1. The number of rotatable bonds is 3. The van der Waals surface area contributed by atoms with Gasteiger partial charge in [0.1, 0.15) is 0 Å². The first-order valence-electron chi connectivity index (χ1n) is 7.89. The Morgan fingerprint density at radius 3 is 2.44 bits per heavy atom. The Balaban J connectivity index is 1.72. The van der Waals surface area contributed by atoms with Gasteiger partial charge in [0.15, 0.2) is 0 Å². The molecule has 2 aromatic carbocycles. The zero-order valence-electron chi connectivity index (χ0n) is 13.2. The van der Waals surface area contributed by atoms with Crippen molar-refractivity contribution in [1.29, 1.82) is 0 Å². The molecular weight excluding hydrogens is 352 g/mol. The second-order valence-electron chi connectivity index (χ2n) is 5.71. The number of nitrogens with one attached hydrogen (secondary N) is 1. The Kier molecular flexibility index (Phi) is 4.30. The van der Waals surface area contributed by atoms with Crippen LogP contribution in [0.4, 0.5) is 0 Å². The van der Waals surface area contributed by atoms with Crippen LogP contribution in [0.3, 0.4) is 0 Å². The van der Waals surface area contributed by atoms with E-state index in [4.69, 9.17) is 11.6 Å². The van der Waals surface area contributed by atoms with Crippen molar-refractivity contribution in [2.45, 2.75) is 6.04 Å². The van der Waals surface area contributed by atoms with Crippen molar-refractivity contribution in [2.75, 3.05) is 0 Å². The van der Waals surface area contributed by atoms with Gasteiger partial charge in [0.05, 0.1) is 16.6 Å². The Labute approximate surface area is 155 Å². The van der Waals surface area contributed by atoms with Gasteiger partial charge in [-0.3, -0.25) is 10.2 Å². The zero-order chi connectivity index (χ0) is 17.2. The molecule has 4 rings (SSSR count). The van der Waals surface area contributed by atoms with Crippen molar-refractivity contribution in [1.82, 2.24) is 10.4 Å². The number of hydrogen-bond donors (Lipinski definition) is 1. The molecule has 1 aliphatic rings. The molecule has 5 heteroatoms. The van der Waals surface area contributed by atoms with Crippen LogP contribution in [-0.4, -0.2) is 10.9 Å². The minimum atomic E-state index is -0.193. The third-order valence-electron chi connectivity index (χ3n) is 4.09. The van der Waals surface area contributed by atoms with E-state index < -0.39 is 0 Å². The first kappa shape index (κ1) is 15.9. The quantitative estimate of drug-likeness (QED) is 0.695. The predicted octanol–water partition coefficient (Wildman–Crippen LogP) is 5.14. The summed E-state index contributed by atoms with van der Waals surface area (Å²) >= 11 is 7.45. The van der Waals surface area contributed by atoms with E-state index in [1.54, 1.807) is 5.01 Å². The fourth-order valence-electron chi connectivity index (χ4n) is 2.85. The minimum absolute atomic E-state index is 0.0443. The van der Waals surface area contributed by atoms with E-state index in [1.165, 1.54) is 11.3 Å². The van der Waals surface area contributed by atoms with E-state index in [2.05, 4.69) is 11.5 Å². The number of hydrazine groups is 1. The van der Waals surface area contributed by atoms with Crippen molar-refractivity contribution < 1.29 is 4.79 Å². The molecular formula is C20H15ClN2OS. The van der Waals surface area contributed by atoms with Gasteiger partial charge in [-0.25, -0.2) is 5.01 Å². The zero-order valence-corrected chi connectivity index (χ0v) is 14.8. The van der Waals surface area contributed by atoms with Crippen LogP contribution < -0.4 is 5.43 Å². The van der Waals surface area contributed by atoms with Gasteiger partial charge in [-0.05, 0) is 40.8 Å². The molecule has 1 aromatic heterocycles. The number of carbonyl (C=O) groups is 1. The van der Waals surface area contributed by atoms with Crippen molar-refractivity contribution >= 4 is 34.5 Å². The Morgan fingerprint density at radius 2 is 1.76 bits per heavy atom. The summed E-state index contributed by atoms with van der Waals surface area (Å²) in [6.07, 6.45) is 2.07. The molecule has 0 aliphatic carbocycles.